The SMILES string of the molecule is C=COCCCC(O)CC(O)CC. The van der Waals surface area contributed by atoms with Crippen molar-refractivity contribution in [2.45, 2.75) is 44.8 Å². The Kier molecular flexibility index (Phi) is 7.74. The second-order valence-corrected chi connectivity index (χ2v) is 3.13. The van der Waals surface area contributed by atoms with Gasteiger partial charge in [-0.2, -0.15) is 0 Å². The number of hydrogen-bond donors (Lipinski definition) is 2. The fourth-order valence-electron chi connectivity index (χ4n) is 1.08. The first-order chi connectivity index (χ1) is 6.20. The summed E-state index contributed by atoms with van der Waals surface area (Å²) in [6.45, 7) is 5.90. The quantitative estimate of drug-likeness (QED) is 0.448. The summed E-state index contributed by atoms with van der Waals surface area (Å²) in [5.74, 6) is 0. The molecule has 0 bridgehead atoms. The van der Waals surface area contributed by atoms with E-state index in [1.807, 2.05) is 6.92 Å². The first-order valence-corrected chi connectivity index (χ1v) is 4.79. The van der Waals surface area contributed by atoms with Gasteiger partial charge in [0.05, 0.1) is 25.1 Å². The molecule has 0 heterocycles. The predicted molar refractivity (Wildman–Crippen MR) is 52.3 cm³/mol. The highest BCUT2D eigenvalue weighted by molar-refractivity contribution is 4.62. The van der Waals surface area contributed by atoms with Crippen LogP contribution in [0.4, 0.5) is 0 Å². The maximum Gasteiger partial charge on any atom is 0.0873 e. The Bertz CT molecular complexity index is 125. The third kappa shape index (κ3) is 7.81. The molecule has 0 fully saturated rings. The highest BCUT2D eigenvalue weighted by Crippen LogP contribution is 2.07. The topological polar surface area (TPSA) is 49.7 Å². The molecule has 78 valence electrons. The van der Waals surface area contributed by atoms with E-state index in [1.54, 1.807) is 0 Å². The van der Waals surface area contributed by atoms with Gasteiger partial charge in [-0.05, 0) is 25.7 Å². The Balaban J connectivity index is 3.29. The molecule has 3 nitrogen and oxygen atoms in total. The fourth-order valence-corrected chi connectivity index (χ4v) is 1.08. The van der Waals surface area contributed by atoms with Crippen molar-refractivity contribution in [2.24, 2.45) is 0 Å². The van der Waals surface area contributed by atoms with Gasteiger partial charge in [0, 0.05) is 0 Å². The lowest BCUT2D eigenvalue weighted by atomic mass is 10.1. The summed E-state index contributed by atoms with van der Waals surface area (Å²) in [6, 6.07) is 0. The first-order valence-electron chi connectivity index (χ1n) is 4.79. The van der Waals surface area contributed by atoms with E-state index in [-0.39, 0.29) is 6.10 Å². The molecule has 2 atom stereocenters. The second kappa shape index (κ2) is 8.08. The molecule has 0 radical (unpaired) electrons. The van der Waals surface area contributed by atoms with E-state index in [1.165, 1.54) is 6.26 Å². The molecule has 13 heavy (non-hydrogen) atoms. The van der Waals surface area contributed by atoms with E-state index in [9.17, 15) is 10.2 Å². The largest absolute Gasteiger partial charge is 0.502 e. The summed E-state index contributed by atoms with van der Waals surface area (Å²) in [6.07, 6.45) is 3.23. The number of hydrogen-bond acceptors (Lipinski definition) is 3. The number of ether oxygens (including phenoxy) is 1. The fraction of sp³-hybridized carbons (Fsp3) is 0.800. The standard InChI is InChI=1S/C10H20O3/c1-3-9(11)8-10(12)6-5-7-13-4-2/h4,9-12H,2-3,5-8H2,1H3. The summed E-state index contributed by atoms with van der Waals surface area (Å²) >= 11 is 0. The summed E-state index contributed by atoms with van der Waals surface area (Å²) < 4.78 is 4.91. The minimum atomic E-state index is -0.414. The monoisotopic (exact) mass is 188 g/mol. The number of rotatable bonds is 8. The van der Waals surface area contributed by atoms with Crippen LogP contribution in [0.2, 0.25) is 0 Å². The number of aliphatic hydroxyl groups is 2. The molecule has 0 aliphatic heterocycles. The van der Waals surface area contributed by atoms with Crippen molar-refractivity contribution < 1.29 is 14.9 Å². The lowest BCUT2D eigenvalue weighted by Crippen LogP contribution is -2.17. The molecule has 0 saturated carbocycles. The van der Waals surface area contributed by atoms with Crippen molar-refractivity contribution in [3.63, 3.8) is 0 Å². The Hall–Kier alpha value is -0.540. The summed E-state index contributed by atoms with van der Waals surface area (Å²) in [5, 5.41) is 18.6. The summed E-state index contributed by atoms with van der Waals surface area (Å²) in [4.78, 5) is 0. The van der Waals surface area contributed by atoms with Crippen LogP contribution in [0.5, 0.6) is 0 Å². The van der Waals surface area contributed by atoms with Crippen LogP contribution in [0.15, 0.2) is 12.8 Å². The molecule has 0 spiro atoms. The average Bonchev–Trinajstić information content (AvgIpc) is 2.12. The zero-order valence-corrected chi connectivity index (χ0v) is 8.28. The van der Waals surface area contributed by atoms with Crippen LogP contribution in [-0.4, -0.2) is 29.0 Å². The van der Waals surface area contributed by atoms with E-state index in [0.717, 1.165) is 6.42 Å². The normalized spacial score (nSPS) is 15.0. The van der Waals surface area contributed by atoms with Crippen molar-refractivity contribution in [2.75, 3.05) is 6.61 Å². The maximum absolute atomic E-state index is 9.41. The zero-order valence-electron chi connectivity index (χ0n) is 8.28. The zero-order chi connectivity index (χ0) is 10.1. The van der Waals surface area contributed by atoms with Crippen molar-refractivity contribution in [3.05, 3.63) is 12.8 Å². The van der Waals surface area contributed by atoms with Gasteiger partial charge in [0.2, 0.25) is 0 Å². The smallest absolute Gasteiger partial charge is 0.0873 e. The molecule has 0 saturated heterocycles. The Morgan fingerprint density at radius 3 is 2.62 bits per heavy atom. The molecular weight excluding hydrogens is 168 g/mol. The van der Waals surface area contributed by atoms with Crippen LogP contribution in [0.25, 0.3) is 0 Å². The average molecular weight is 188 g/mol. The summed E-state index contributed by atoms with van der Waals surface area (Å²) in [7, 11) is 0. The lowest BCUT2D eigenvalue weighted by Gasteiger charge is -2.13. The predicted octanol–water partition coefficient (Wildman–Crippen LogP) is 1.45. The van der Waals surface area contributed by atoms with Gasteiger partial charge in [-0.3, -0.25) is 0 Å². The Morgan fingerprint density at radius 1 is 1.38 bits per heavy atom. The van der Waals surface area contributed by atoms with Gasteiger partial charge in [-0.1, -0.05) is 13.5 Å². The summed E-state index contributed by atoms with van der Waals surface area (Å²) in [5.41, 5.74) is 0. The van der Waals surface area contributed by atoms with Gasteiger partial charge in [0.1, 0.15) is 0 Å². The molecule has 0 aromatic heterocycles. The molecular formula is C10H20O3. The first kappa shape index (κ1) is 12.5. The minimum absolute atomic E-state index is 0.379. The molecule has 0 aliphatic carbocycles. The molecule has 0 aliphatic rings. The van der Waals surface area contributed by atoms with E-state index < -0.39 is 6.10 Å². The highest BCUT2D eigenvalue weighted by atomic mass is 16.5. The van der Waals surface area contributed by atoms with E-state index in [4.69, 9.17) is 4.74 Å². The second-order valence-electron chi connectivity index (χ2n) is 3.13. The molecule has 3 heteroatoms. The van der Waals surface area contributed by atoms with Gasteiger partial charge in [0.15, 0.2) is 0 Å². The van der Waals surface area contributed by atoms with Gasteiger partial charge in [-0.15, -0.1) is 0 Å². The number of aliphatic hydroxyl groups excluding tert-OH is 2. The van der Waals surface area contributed by atoms with E-state index in [0.29, 0.717) is 25.9 Å². The van der Waals surface area contributed by atoms with Gasteiger partial charge >= 0.3 is 0 Å². The highest BCUT2D eigenvalue weighted by Gasteiger charge is 2.09. The van der Waals surface area contributed by atoms with Crippen molar-refractivity contribution >= 4 is 0 Å². The van der Waals surface area contributed by atoms with Gasteiger partial charge < -0.3 is 14.9 Å². The van der Waals surface area contributed by atoms with Crippen LogP contribution in [0, 0.1) is 0 Å². The van der Waals surface area contributed by atoms with Gasteiger partial charge in [0.25, 0.3) is 0 Å². The van der Waals surface area contributed by atoms with Crippen LogP contribution in [0.3, 0.4) is 0 Å². The third-order valence-corrected chi connectivity index (χ3v) is 1.93. The van der Waals surface area contributed by atoms with Crippen molar-refractivity contribution in [1.82, 2.24) is 0 Å². The molecule has 0 amide bonds. The van der Waals surface area contributed by atoms with Crippen molar-refractivity contribution in [1.29, 1.82) is 0 Å². The lowest BCUT2D eigenvalue weighted by molar-refractivity contribution is 0.0685. The molecule has 0 rings (SSSR count). The van der Waals surface area contributed by atoms with E-state index in [2.05, 4.69) is 6.58 Å². The van der Waals surface area contributed by atoms with Crippen LogP contribution >= 0.6 is 0 Å². The van der Waals surface area contributed by atoms with Crippen LogP contribution in [0.1, 0.15) is 32.6 Å². The van der Waals surface area contributed by atoms with Crippen molar-refractivity contribution in [3.8, 4) is 0 Å². The Labute approximate surface area is 80.0 Å². The van der Waals surface area contributed by atoms with Gasteiger partial charge in [-0.25, -0.2) is 0 Å². The third-order valence-electron chi connectivity index (χ3n) is 1.93. The Morgan fingerprint density at radius 2 is 2.08 bits per heavy atom. The molecule has 0 aromatic carbocycles. The van der Waals surface area contributed by atoms with Crippen LogP contribution < -0.4 is 0 Å². The maximum atomic E-state index is 9.41. The molecule has 2 N–H and O–H groups in total. The van der Waals surface area contributed by atoms with Crippen LogP contribution in [-0.2, 0) is 4.74 Å². The minimum Gasteiger partial charge on any atom is -0.502 e. The molecule has 0 aromatic rings. The molecule has 2 unspecified atom stereocenters. The van der Waals surface area contributed by atoms with E-state index >= 15 is 0 Å².